The number of para-hydroxylation sites is 1. The fraction of sp³-hybridized carbons (Fsp3) is 0.308. The molecular weight excluding hydrogens is 282 g/mol. The number of halogens is 1. The summed E-state index contributed by atoms with van der Waals surface area (Å²) in [6, 6.07) is 9.72. The molecule has 0 amide bonds. The zero-order valence-electron chi connectivity index (χ0n) is 11.0. The van der Waals surface area contributed by atoms with Crippen molar-refractivity contribution in [1.82, 2.24) is 15.0 Å². The Balaban J connectivity index is 1.81. The van der Waals surface area contributed by atoms with E-state index in [0.29, 0.717) is 19.8 Å². The Hall–Kier alpha value is -2.08. The van der Waals surface area contributed by atoms with Crippen LogP contribution < -0.4 is 14.2 Å². The van der Waals surface area contributed by atoms with Gasteiger partial charge in [0.15, 0.2) is 0 Å². The normalized spacial score (nSPS) is 10.1. The lowest BCUT2D eigenvalue weighted by atomic mass is 10.3. The van der Waals surface area contributed by atoms with Crippen LogP contribution in [0, 0.1) is 0 Å². The summed E-state index contributed by atoms with van der Waals surface area (Å²) in [4.78, 5) is 11.6. The fourth-order valence-electron chi connectivity index (χ4n) is 1.38. The van der Waals surface area contributed by atoms with Crippen LogP contribution in [0.15, 0.2) is 30.3 Å². The van der Waals surface area contributed by atoms with Gasteiger partial charge in [0.05, 0.1) is 6.61 Å². The third-order valence-corrected chi connectivity index (χ3v) is 2.34. The van der Waals surface area contributed by atoms with E-state index in [1.54, 1.807) is 0 Å². The van der Waals surface area contributed by atoms with E-state index in [2.05, 4.69) is 15.0 Å². The molecule has 20 heavy (non-hydrogen) atoms. The van der Waals surface area contributed by atoms with Gasteiger partial charge in [0.1, 0.15) is 19.0 Å². The van der Waals surface area contributed by atoms with Crippen molar-refractivity contribution in [3.8, 4) is 17.8 Å². The zero-order chi connectivity index (χ0) is 14.2. The standard InChI is InChI=1S/C13H14ClN3O3/c1-2-18-12-15-11(14)16-13(17-12)20-9-8-19-10-6-4-3-5-7-10/h3-7H,2,8-9H2,1H3. The second kappa shape index (κ2) is 7.49. The minimum Gasteiger partial charge on any atom is -0.490 e. The summed E-state index contributed by atoms with van der Waals surface area (Å²) >= 11 is 5.74. The smallest absolute Gasteiger partial charge is 0.324 e. The molecule has 2 aromatic rings. The number of rotatable bonds is 7. The van der Waals surface area contributed by atoms with Crippen molar-refractivity contribution < 1.29 is 14.2 Å². The zero-order valence-corrected chi connectivity index (χ0v) is 11.7. The minimum absolute atomic E-state index is 0.0300. The molecular formula is C13H14ClN3O3. The van der Waals surface area contributed by atoms with E-state index in [1.165, 1.54) is 0 Å². The molecule has 0 aliphatic heterocycles. The van der Waals surface area contributed by atoms with Crippen LogP contribution in [-0.2, 0) is 0 Å². The summed E-state index contributed by atoms with van der Waals surface area (Å²) in [7, 11) is 0. The molecule has 7 heteroatoms. The van der Waals surface area contributed by atoms with Gasteiger partial charge in [-0.2, -0.15) is 9.97 Å². The van der Waals surface area contributed by atoms with Gasteiger partial charge in [-0.15, -0.1) is 4.98 Å². The molecule has 0 spiro atoms. The van der Waals surface area contributed by atoms with Crippen LogP contribution >= 0.6 is 11.6 Å². The first kappa shape index (κ1) is 14.3. The predicted molar refractivity (Wildman–Crippen MR) is 73.4 cm³/mol. The lowest BCUT2D eigenvalue weighted by molar-refractivity contribution is 0.202. The average Bonchev–Trinajstić information content (AvgIpc) is 2.45. The van der Waals surface area contributed by atoms with E-state index in [4.69, 9.17) is 25.8 Å². The molecule has 1 aromatic carbocycles. The summed E-state index contributed by atoms with van der Waals surface area (Å²) < 4.78 is 16.0. The molecule has 0 saturated heterocycles. The highest BCUT2D eigenvalue weighted by atomic mass is 35.5. The lowest BCUT2D eigenvalue weighted by Crippen LogP contribution is -2.11. The molecule has 0 bridgehead atoms. The SMILES string of the molecule is CCOc1nc(Cl)nc(OCCOc2ccccc2)n1. The summed E-state index contributed by atoms with van der Waals surface area (Å²) in [5, 5.41) is 0.0300. The van der Waals surface area contributed by atoms with Crippen molar-refractivity contribution in [1.29, 1.82) is 0 Å². The van der Waals surface area contributed by atoms with Gasteiger partial charge in [0.2, 0.25) is 5.28 Å². The van der Waals surface area contributed by atoms with Crippen LogP contribution in [-0.4, -0.2) is 34.8 Å². The van der Waals surface area contributed by atoms with Crippen LogP contribution in [0.2, 0.25) is 5.28 Å². The number of aromatic nitrogens is 3. The van der Waals surface area contributed by atoms with E-state index in [1.807, 2.05) is 37.3 Å². The van der Waals surface area contributed by atoms with Crippen LogP contribution in [0.1, 0.15) is 6.92 Å². The first-order valence-corrected chi connectivity index (χ1v) is 6.50. The maximum Gasteiger partial charge on any atom is 0.324 e. The van der Waals surface area contributed by atoms with Gasteiger partial charge in [-0.3, -0.25) is 0 Å². The second-order valence-corrected chi connectivity index (χ2v) is 3.95. The average molecular weight is 296 g/mol. The molecule has 6 nitrogen and oxygen atoms in total. The first-order valence-electron chi connectivity index (χ1n) is 6.13. The molecule has 0 atom stereocenters. The Kier molecular flexibility index (Phi) is 5.37. The van der Waals surface area contributed by atoms with Crippen molar-refractivity contribution in [3.05, 3.63) is 35.6 Å². The first-order chi connectivity index (χ1) is 9.78. The molecule has 1 aromatic heterocycles. The van der Waals surface area contributed by atoms with Crippen LogP contribution in [0.4, 0.5) is 0 Å². The largest absolute Gasteiger partial charge is 0.490 e. The Morgan fingerprint density at radius 1 is 0.900 bits per heavy atom. The highest BCUT2D eigenvalue weighted by Gasteiger charge is 2.06. The predicted octanol–water partition coefficient (Wildman–Crippen LogP) is 2.38. The number of ether oxygens (including phenoxy) is 3. The van der Waals surface area contributed by atoms with Gasteiger partial charge in [0.25, 0.3) is 0 Å². The van der Waals surface area contributed by atoms with E-state index >= 15 is 0 Å². The maximum absolute atomic E-state index is 5.74. The molecule has 0 aliphatic rings. The molecule has 0 unspecified atom stereocenters. The summed E-state index contributed by atoms with van der Waals surface area (Å²) in [6.45, 7) is 2.93. The van der Waals surface area contributed by atoms with Gasteiger partial charge in [-0.05, 0) is 30.7 Å². The fourth-order valence-corrected chi connectivity index (χ4v) is 1.53. The van der Waals surface area contributed by atoms with Crippen molar-refractivity contribution >= 4 is 11.6 Å². The van der Waals surface area contributed by atoms with Crippen molar-refractivity contribution in [3.63, 3.8) is 0 Å². The van der Waals surface area contributed by atoms with Gasteiger partial charge in [-0.25, -0.2) is 0 Å². The van der Waals surface area contributed by atoms with Crippen LogP contribution in [0.5, 0.6) is 17.8 Å². The maximum atomic E-state index is 5.74. The number of benzene rings is 1. The van der Waals surface area contributed by atoms with Crippen molar-refractivity contribution in [2.75, 3.05) is 19.8 Å². The topological polar surface area (TPSA) is 66.4 Å². The molecule has 0 aliphatic carbocycles. The summed E-state index contributed by atoms with van der Waals surface area (Å²) in [6.07, 6.45) is 0. The number of hydrogen-bond donors (Lipinski definition) is 0. The van der Waals surface area contributed by atoms with E-state index in [-0.39, 0.29) is 17.3 Å². The van der Waals surface area contributed by atoms with E-state index in [0.717, 1.165) is 5.75 Å². The molecule has 106 valence electrons. The summed E-state index contributed by atoms with van der Waals surface area (Å²) in [5.74, 6) is 0.778. The third-order valence-electron chi connectivity index (χ3n) is 2.17. The van der Waals surface area contributed by atoms with E-state index < -0.39 is 0 Å². The van der Waals surface area contributed by atoms with Gasteiger partial charge < -0.3 is 14.2 Å². The number of nitrogens with zero attached hydrogens (tertiary/aromatic N) is 3. The third kappa shape index (κ3) is 4.55. The van der Waals surface area contributed by atoms with Gasteiger partial charge in [0, 0.05) is 0 Å². The quantitative estimate of drug-likeness (QED) is 0.731. The second-order valence-electron chi connectivity index (χ2n) is 3.61. The molecule has 2 rings (SSSR count). The van der Waals surface area contributed by atoms with Crippen molar-refractivity contribution in [2.45, 2.75) is 6.92 Å². The minimum atomic E-state index is 0.0300. The molecule has 0 radical (unpaired) electrons. The molecule has 1 heterocycles. The Morgan fingerprint density at radius 2 is 1.55 bits per heavy atom. The van der Waals surface area contributed by atoms with Crippen LogP contribution in [0.25, 0.3) is 0 Å². The number of hydrogen-bond acceptors (Lipinski definition) is 6. The van der Waals surface area contributed by atoms with Crippen LogP contribution in [0.3, 0.4) is 0 Å². The Morgan fingerprint density at radius 3 is 2.25 bits per heavy atom. The molecule has 0 saturated carbocycles. The summed E-state index contributed by atoms with van der Waals surface area (Å²) in [5.41, 5.74) is 0. The molecule has 0 N–H and O–H groups in total. The molecule has 0 fully saturated rings. The van der Waals surface area contributed by atoms with E-state index in [9.17, 15) is 0 Å². The van der Waals surface area contributed by atoms with Crippen molar-refractivity contribution in [2.24, 2.45) is 0 Å². The Labute approximate surface area is 121 Å². The monoisotopic (exact) mass is 295 g/mol. The highest BCUT2D eigenvalue weighted by molar-refractivity contribution is 6.28. The van der Waals surface area contributed by atoms with Gasteiger partial charge in [-0.1, -0.05) is 18.2 Å². The highest BCUT2D eigenvalue weighted by Crippen LogP contribution is 2.13. The van der Waals surface area contributed by atoms with Gasteiger partial charge >= 0.3 is 12.0 Å². The Bertz CT molecular complexity index is 540. The lowest BCUT2D eigenvalue weighted by Gasteiger charge is -2.07.